The van der Waals surface area contributed by atoms with Gasteiger partial charge in [0.1, 0.15) is 5.82 Å². The lowest BCUT2D eigenvalue weighted by molar-refractivity contribution is 0.494. The Labute approximate surface area is 122 Å². The SMILES string of the molecule is CCC(CC)(CNCc1ccc(F)c(Br)c1)SC. The molecule has 0 radical (unpaired) electrons. The first-order valence-electron chi connectivity index (χ1n) is 6.26. The second-order valence-corrected chi connectivity index (χ2v) is 6.57. The van der Waals surface area contributed by atoms with E-state index in [4.69, 9.17) is 0 Å². The van der Waals surface area contributed by atoms with E-state index in [9.17, 15) is 4.39 Å². The molecule has 1 nitrogen and oxygen atoms in total. The van der Waals surface area contributed by atoms with Crippen LogP contribution >= 0.6 is 27.7 Å². The Morgan fingerprint density at radius 3 is 2.50 bits per heavy atom. The Balaban J connectivity index is 2.52. The third-order valence-corrected chi connectivity index (χ3v) is 5.68. The molecule has 0 heterocycles. The van der Waals surface area contributed by atoms with Gasteiger partial charge in [0.2, 0.25) is 0 Å². The lowest BCUT2D eigenvalue weighted by Crippen LogP contribution is -2.36. The van der Waals surface area contributed by atoms with Crippen LogP contribution in [0.4, 0.5) is 4.39 Å². The van der Waals surface area contributed by atoms with Crippen molar-refractivity contribution < 1.29 is 4.39 Å². The van der Waals surface area contributed by atoms with E-state index >= 15 is 0 Å². The molecule has 0 atom stereocenters. The summed E-state index contributed by atoms with van der Waals surface area (Å²) in [7, 11) is 0. The summed E-state index contributed by atoms with van der Waals surface area (Å²) in [6, 6.07) is 5.16. The fourth-order valence-electron chi connectivity index (χ4n) is 1.95. The van der Waals surface area contributed by atoms with Gasteiger partial charge in [-0.05, 0) is 52.7 Å². The maximum Gasteiger partial charge on any atom is 0.137 e. The number of rotatable bonds is 7. The van der Waals surface area contributed by atoms with Gasteiger partial charge in [-0.15, -0.1) is 0 Å². The molecule has 0 spiro atoms. The number of hydrogen-bond acceptors (Lipinski definition) is 2. The molecule has 0 amide bonds. The van der Waals surface area contributed by atoms with Crippen LogP contribution in [0.25, 0.3) is 0 Å². The summed E-state index contributed by atoms with van der Waals surface area (Å²) in [4.78, 5) is 0. The van der Waals surface area contributed by atoms with E-state index in [2.05, 4.69) is 41.3 Å². The highest BCUT2D eigenvalue weighted by Crippen LogP contribution is 2.29. The van der Waals surface area contributed by atoms with E-state index in [1.54, 1.807) is 0 Å². The summed E-state index contributed by atoms with van der Waals surface area (Å²) < 4.78 is 14.0. The third-order valence-electron chi connectivity index (χ3n) is 3.48. The second kappa shape index (κ2) is 7.51. The minimum Gasteiger partial charge on any atom is -0.311 e. The van der Waals surface area contributed by atoms with Gasteiger partial charge in [-0.3, -0.25) is 0 Å². The van der Waals surface area contributed by atoms with Crippen molar-refractivity contribution in [3.63, 3.8) is 0 Å². The molecule has 0 saturated heterocycles. The molecular weight excluding hydrogens is 313 g/mol. The molecule has 1 aromatic rings. The molecule has 18 heavy (non-hydrogen) atoms. The number of thioether (sulfide) groups is 1. The maximum absolute atomic E-state index is 13.1. The normalized spacial score (nSPS) is 11.8. The lowest BCUT2D eigenvalue weighted by Gasteiger charge is -2.30. The smallest absolute Gasteiger partial charge is 0.137 e. The zero-order valence-electron chi connectivity index (χ0n) is 11.2. The van der Waals surface area contributed by atoms with Gasteiger partial charge in [0.25, 0.3) is 0 Å². The molecule has 0 fully saturated rings. The Bertz CT molecular complexity index is 372. The Morgan fingerprint density at radius 2 is 2.00 bits per heavy atom. The highest BCUT2D eigenvalue weighted by atomic mass is 79.9. The summed E-state index contributed by atoms with van der Waals surface area (Å²) in [5.41, 5.74) is 1.10. The van der Waals surface area contributed by atoms with E-state index in [1.807, 2.05) is 23.9 Å². The molecule has 1 N–H and O–H groups in total. The van der Waals surface area contributed by atoms with Gasteiger partial charge in [0.15, 0.2) is 0 Å². The van der Waals surface area contributed by atoms with Crippen molar-refractivity contribution >= 4 is 27.7 Å². The van der Waals surface area contributed by atoms with Gasteiger partial charge in [-0.2, -0.15) is 11.8 Å². The van der Waals surface area contributed by atoms with Crippen molar-refractivity contribution in [1.29, 1.82) is 0 Å². The van der Waals surface area contributed by atoms with Crippen molar-refractivity contribution in [2.24, 2.45) is 0 Å². The minimum absolute atomic E-state index is 0.209. The molecule has 1 aromatic carbocycles. The Hall–Kier alpha value is -0.0600. The first kappa shape index (κ1) is 16.0. The highest BCUT2D eigenvalue weighted by Gasteiger charge is 2.23. The number of hydrogen-bond donors (Lipinski definition) is 1. The van der Waals surface area contributed by atoms with Crippen LogP contribution in [0.5, 0.6) is 0 Å². The van der Waals surface area contributed by atoms with E-state index in [0.29, 0.717) is 9.22 Å². The van der Waals surface area contributed by atoms with Crippen molar-refractivity contribution in [1.82, 2.24) is 5.32 Å². The third kappa shape index (κ3) is 4.25. The fraction of sp³-hybridized carbons (Fsp3) is 0.571. The summed E-state index contributed by atoms with van der Waals surface area (Å²) in [6.45, 7) is 6.23. The van der Waals surface area contributed by atoms with Crippen LogP contribution in [-0.2, 0) is 6.54 Å². The zero-order valence-corrected chi connectivity index (χ0v) is 13.6. The van der Waals surface area contributed by atoms with E-state index < -0.39 is 0 Å². The van der Waals surface area contributed by atoms with Crippen LogP contribution < -0.4 is 5.32 Å². The first-order valence-corrected chi connectivity index (χ1v) is 8.28. The molecule has 0 bridgehead atoms. The molecule has 0 saturated carbocycles. The maximum atomic E-state index is 13.1. The quantitative estimate of drug-likeness (QED) is 0.782. The minimum atomic E-state index is -0.209. The van der Waals surface area contributed by atoms with Gasteiger partial charge in [0, 0.05) is 17.8 Å². The van der Waals surface area contributed by atoms with Gasteiger partial charge in [-0.1, -0.05) is 19.9 Å². The summed E-state index contributed by atoms with van der Waals surface area (Å²) in [5.74, 6) is -0.209. The number of nitrogens with one attached hydrogen (secondary N) is 1. The fourth-order valence-corrected chi connectivity index (χ4v) is 3.20. The van der Waals surface area contributed by atoms with Crippen LogP contribution in [0.1, 0.15) is 32.3 Å². The standard InChI is InChI=1S/C14H21BrFNS/c1-4-14(5-2,18-3)10-17-9-11-6-7-13(16)12(15)8-11/h6-8,17H,4-5,9-10H2,1-3H3. The van der Waals surface area contributed by atoms with Crippen LogP contribution in [0.2, 0.25) is 0 Å². The molecule has 4 heteroatoms. The summed E-state index contributed by atoms with van der Waals surface area (Å²) >= 11 is 5.14. The predicted molar refractivity (Wildman–Crippen MR) is 82.6 cm³/mol. The zero-order chi connectivity index (χ0) is 13.6. The molecule has 0 aliphatic rings. The van der Waals surface area contributed by atoms with Crippen LogP contribution in [0.3, 0.4) is 0 Å². The molecule has 0 aliphatic heterocycles. The molecule has 0 aliphatic carbocycles. The average molecular weight is 334 g/mol. The van der Waals surface area contributed by atoms with Crippen molar-refractivity contribution in [3.8, 4) is 0 Å². The topological polar surface area (TPSA) is 12.0 Å². The van der Waals surface area contributed by atoms with Gasteiger partial charge in [0.05, 0.1) is 4.47 Å². The van der Waals surface area contributed by atoms with Gasteiger partial charge >= 0.3 is 0 Å². The summed E-state index contributed by atoms with van der Waals surface area (Å²) in [5, 5.41) is 3.48. The largest absolute Gasteiger partial charge is 0.311 e. The molecule has 0 aromatic heterocycles. The molecular formula is C14H21BrFNS. The van der Waals surface area contributed by atoms with Crippen molar-refractivity contribution in [2.75, 3.05) is 12.8 Å². The Morgan fingerprint density at radius 1 is 1.33 bits per heavy atom. The average Bonchev–Trinajstić information content (AvgIpc) is 2.39. The number of halogens is 2. The predicted octanol–water partition coefficient (Wildman–Crippen LogP) is 4.60. The van der Waals surface area contributed by atoms with Crippen LogP contribution in [0, 0.1) is 5.82 Å². The van der Waals surface area contributed by atoms with Crippen molar-refractivity contribution in [3.05, 3.63) is 34.1 Å². The Kier molecular flexibility index (Phi) is 6.67. The van der Waals surface area contributed by atoms with Crippen molar-refractivity contribution in [2.45, 2.75) is 38.0 Å². The first-order chi connectivity index (χ1) is 8.56. The lowest BCUT2D eigenvalue weighted by atomic mass is 10.0. The summed E-state index contributed by atoms with van der Waals surface area (Å²) in [6.07, 6.45) is 4.48. The number of benzene rings is 1. The van der Waals surface area contributed by atoms with Crippen LogP contribution in [-0.4, -0.2) is 17.5 Å². The van der Waals surface area contributed by atoms with E-state index in [-0.39, 0.29) is 5.82 Å². The van der Waals surface area contributed by atoms with Gasteiger partial charge in [-0.25, -0.2) is 4.39 Å². The monoisotopic (exact) mass is 333 g/mol. The second-order valence-electron chi connectivity index (χ2n) is 4.45. The van der Waals surface area contributed by atoms with Crippen LogP contribution in [0.15, 0.2) is 22.7 Å². The van der Waals surface area contributed by atoms with E-state index in [0.717, 1.165) is 31.5 Å². The molecule has 102 valence electrons. The van der Waals surface area contributed by atoms with Gasteiger partial charge < -0.3 is 5.32 Å². The molecule has 0 unspecified atom stereocenters. The molecule has 1 rings (SSSR count). The van der Waals surface area contributed by atoms with E-state index in [1.165, 1.54) is 6.07 Å². The highest BCUT2D eigenvalue weighted by molar-refractivity contribution is 9.10.